The maximum absolute atomic E-state index is 12.6. The summed E-state index contributed by atoms with van der Waals surface area (Å²) < 4.78 is 42.6. The zero-order valence-corrected chi connectivity index (χ0v) is 10.3. The van der Waals surface area contributed by atoms with E-state index in [0.29, 0.717) is 5.56 Å². The third-order valence-corrected chi connectivity index (χ3v) is 2.72. The third kappa shape index (κ3) is 2.40. The predicted molar refractivity (Wildman–Crippen MR) is 61.8 cm³/mol. The van der Waals surface area contributed by atoms with Crippen LogP contribution < -0.4 is 0 Å². The van der Waals surface area contributed by atoms with Crippen molar-refractivity contribution in [3.63, 3.8) is 0 Å². The fourth-order valence-corrected chi connectivity index (χ4v) is 1.76. The number of carbonyl (C=O) groups excluding carboxylic acids is 1. The molecule has 0 bridgehead atoms. The van der Waals surface area contributed by atoms with Crippen LogP contribution in [-0.2, 0) is 10.9 Å². The summed E-state index contributed by atoms with van der Waals surface area (Å²) in [7, 11) is 0. The number of nitrogens with one attached hydrogen (secondary N) is 1. The lowest BCUT2D eigenvalue weighted by Crippen LogP contribution is -2.06. The summed E-state index contributed by atoms with van der Waals surface area (Å²) in [5, 5.41) is 0.262. The minimum Gasteiger partial charge on any atom is -0.461 e. The highest BCUT2D eigenvalue weighted by molar-refractivity contribution is 5.97. The van der Waals surface area contributed by atoms with Crippen LogP contribution in [0, 0.1) is 6.92 Å². The van der Waals surface area contributed by atoms with Crippen LogP contribution in [0.25, 0.3) is 11.0 Å². The Morgan fingerprint density at radius 2 is 2.16 bits per heavy atom. The Hall–Kier alpha value is -2.05. The van der Waals surface area contributed by atoms with Crippen molar-refractivity contribution in [2.45, 2.75) is 20.0 Å². The van der Waals surface area contributed by atoms with E-state index >= 15 is 0 Å². The molecule has 2 aromatic rings. The lowest BCUT2D eigenvalue weighted by Gasteiger charge is -2.05. The van der Waals surface area contributed by atoms with E-state index in [4.69, 9.17) is 4.74 Å². The van der Waals surface area contributed by atoms with E-state index in [-0.39, 0.29) is 23.3 Å². The molecule has 4 nitrogen and oxygen atoms in total. The largest absolute Gasteiger partial charge is 0.461 e. The second-order valence-electron chi connectivity index (χ2n) is 3.96. The second-order valence-corrected chi connectivity index (χ2v) is 3.96. The number of esters is 1. The van der Waals surface area contributed by atoms with Crippen LogP contribution in [0.1, 0.15) is 28.5 Å². The lowest BCUT2D eigenvalue weighted by atomic mass is 10.1. The molecule has 0 unspecified atom stereocenters. The Morgan fingerprint density at radius 3 is 2.74 bits per heavy atom. The fourth-order valence-electron chi connectivity index (χ4n) is 1.76. The molecule has 0 aliphatic carbocycles. The van der Waals surface area contributed by atoms with Gasteiger partial charge in [-0.2, -0.15) is 13.2 Å². The summed E-state index contributed by atoms with van der Waals surface area (Å²) in [5.74, 6) is -0.605. The number of fused-ring (bicyclic) bond motifs is 1. The maximum Gasteiger partial charge on any atom is 0.417 e. The highest BCUT2D eigenvalue weighted by Gasteiger charge is 2.31. The van der Waals surface area contributed by atoms with Crippen molar-refractivity contribution in [1.29, 1.82) is 0 Å². The van der Waals surface area contributed by atoms with E-state index in [0.717, 1.165) is 12.3 Å². The Morgan fingerprint density at radius 1 is 1.47 bits per heavy atom. The molecule has 102 valence electrons. The van der Waals surface area contributed by atoms with Gasteiger partial charge in [0.15, 0.2) is 0 Å². The van der Waals surface area contributed by atoms with Gasteiger partial charge in [0.1, 0.15) is 11.3 Å². The van der Waals surface area contributed by atoms with Gasteiger partial charge in [0.25, 0.3) is 0 Å². The van der Waals surface area contributed by atoms with Gasteiger partial charge in [-0.1, -0.05) is 0 Å². The molecule has 19 heavy (non-hydrogen) atoms. The smallest absolute Gasteiger partial charge is 0.417 e. The van der Waals surface area contributed by atoms with Gasteiger partial charge in [0.2, 0.25) is 0 Å². The molecule has 2 aromatic heterocycles. The number of hydrogen-bond acceptors (Lipinski definition) is 3. The van der Waals surface area contributed by atoms with Crippen molar-refractivity contribution in [2.75, 3.05) is 6.61 Å². The van der Waals surface area contributed by atoms with Crippen molar-refractivity contribution in [2.24, 2.45) is 0 Å². The van der Waals surface area contributed by atoms with Gasteiger partial charge >= 0.3 is 12.1 Å². The average Bonchev–Trinajstić information content (AvgIpc) is 2.66. The van der Waals surface area contributed by atoms with Gasteiger partial charge in [-0.15, -0.1) is 0 Å². The first kappa shape index (κ1) is 13.4. The molecule has 0 fully saturated rings. The molecule has 0 amide bonds. The van der Waals surface area contributed by atoms with Crippen LogP contribution in [0.2, 0.25) is 0 Å². The zero-order chi connectivity index (χ0) is 14.2. The number of ether oxygens (including phenoxy) is 1. The number of aromatic nitrogens is 2. The van der Waals surface area contributed by atoms with E-state index in [1.165, 1.54) is 0 Å². The van der Waals surface area contributed by atoms with Crippen molar-refractivity contribution >= 4 is 17.0 Å². The summed E-state index contributed by atoms with van der Waals surface area (Å²) in [5.41, 5.74) is -0.0956. The molecule has 0 atom stereocenters. The first-order valence-electron chi connectivity index (χ1n) is 5.57. The van der Waals surface area contributed by atoms with Crippen LogP contribution in [0.5, 0.6) is 0 Å². The van der Waals surface area contributed by atoms with Gasteiger partial charge in [0, 0.05) is 11.6 Å². The molecule has 0 spiro atoms. The maximum atomic E-state index is 12.6. The first-order chi connectivity index (χ1) is 8.84. The number of rotatable bonds is 2. The van der Waals surface area contributed by atoms with Crippen LogP contribution in [0.15, 0.2) is 12.3 Å². The molecular formula is C12H11F3N2O2. The molecule has 0 saturated heterocycles. The molecule has 2 heterocycles. The average molecular weight is 272 g/mol. The number of alkyl halides is 3. The Balaban J connectivity index is 2.55. The number of H-pyrrole nitrogens is 1. The van der Waals surface area contributed by atoms with Crippen LogP contribution in [-0.4, -0.2) is 22.5 Å². The molecule has 0 radical (unpaired) electrons. The van der Waals surface area contributed by atoms with Gasteiger partial charge in [-0.25, -0.2) is 9.78 Å². The van der Waals surface area contributed by atoms with Crippen LogP contribution >= 0.6 is 0 Å². The molecule has 2 rings (SSSR count). The minimum absolute atomic E-state index is 0.128. The number of aryl methyl sites for hydroxylation is 1. The van der Waals surface area contributed by atoms with E-state index < -0.39 is 17.7 Å². The summed E-state index contributed by atoms with van der Waals surface area (Å²) in [6.45, 7) is 3.39. The molecule has 7 heteroatoms. The SMILES string of the molecule is CCOC(=O)c1[nH]c2ncc(C(F)(F)F)cc2c1C. The molecule has 0 aliphatic heterocycles. The van der Waals surface area contributed by atoms with Gasteiger partial charge in [-0.05, 0) is 25.5 Å². The lowest BCUT2D eigenvalue weighted by molar-refractivity contribution is -0.137. The predicted octanol–water partition coefficient (Wildman–Crippen LogP) is 3.07. The molecule has 0 aliphatic rings. The highest BCUT2D eigenvalue weighted by Crippen LogP contribution is 2.31. The van der Waals surface area contributed by atoms with Gasteiger partial charge < -0.3 is 9.72 Å². The first-order valence-corrected chi connectivity index (χ1v) is 5.57. The monoisotopic (exact) mass is 272 g/mol. The molecule has 0 aromatic carbocycles. The van der Waals surface area contributed by atoms with Crippen molar-refractivity contribution in [3.8, 4) is 0 Å². The number of nitrogens with zero attached hydrogens (tertiary/aromatic N) is 1. The van der Waals surface area contributed by atoms with Crippen molar-refractivity contribution < 1.29 is 22.7 Å². The Kier molecular flexibility index (Phi) is 3.21. The molecular weight excluding hydrogens is 261 g/mol. The Labute approximate surface area is 106 Å². The van der Waals surface area contributed by atoms with Crippen molar-refractivity contribution in [3.05, 3.63) is 29.1 Å². The minimum atomic E-state index is -4.46. The summed E-state index contributed by atoms with van der Waals surface area (Å²) >= 11 is 0. The number of halogens is 3. The fraction of sp³-hybridized carbons (Fsp3) is 0.333. The second kappa shape index (κ2) is 4.56. The van der Waals surface area contributed by atoms with Crippen LogP contribution in [0.3, 0.4) is 0 Å². The van der Waals surface area contributed by atoms with Crippen molar-refractivity contribution in [1.82, 2.24) is 9.97 Å². The standard InChI is InChI=1S/C12H11F3N2O2/c1-3-19-11(18)9-6(2)8-4-7(12(13,14)15)5-16-10(8)17-9/h4-5H,3H2,1-2H3,(H,16,17). The highest BCUT2D eigenvalue weighted by atomic mass is 19.4. The quantitative estimate of drug-likeness (QED) is 0.855. The summed E-state index contributed by atoms with van der Waals surface area (Å²) in [4.78, 5) is 18.0. The normalized spacial score (nSPS) is 11.8. The van der Waals surface area contributed by atoms with E-state index in [1.807, 2.05) is 0 Å². The third-order valence-electron chi connectivity index (χ3n) is 2.72. The van der Waals surface area contributed by atoms with Crippen LogP contribution in [0.4, 0.5) is 13.2 Å². The van der Waals surface area contributed by atoms with E-state index in [1.54, 1.807) is 13.8 Å². The summed E-state index contributed by atoms with van der Waals surface area (Å²) in [6, 6.07) is 0.969. The van der Waals surface area contributed by atoms with E-state index in [9.17, 15) is 18.0 Å². The van der Waals surface area contributed by atoms with E-state index in [2.05, 4.69) is 9.97 Å². The number of carbonyl (C=O) groups is 1. The summed E-state index contributed by atoms with van der Waals surface area (Å²) in [6.07, 6.45) is -3.73. The zero-order valence-electron chi connectivity index (χ0n) is 10.3. The van der Waals surface area contributed by atoms with Gasteiger partial charge in [-0.3, -0.25) is 0 Å². The number of aromatic amines is 1. The number of pyridine rings is 1. The molecule has 1 N–H and O–H groups in total. The number of hydrogen-bond donors (Lipinski definition) is 1. The Bertz CT molecular complexity index is 632. The molecule has 0 saturated carbocycles. The topological polar surface area (TPSA) is 55.0 Å². The van der Waals surface area contributed by atoms with Gasteiger partial charge in [0.05, 0.1) is 12.2 Å².